The number of nitriles is 1. The van der Waals surface area contributed by atoms with Crippen molar-refractivity contribution in [2.75, 3.05) is 36.5 Å². The number of thiophene rings is 1. The second-order valence-electron chi connectivity index (χ2n) is 6.63. The molecule has 9 heteroatoms. The fraction of sp³-hybridized carbons (Fsp3) is 0.200. The minimum Gasteiger partial charge on any atom is -0.489 e. The maximum absolute atomic E-state index is 13.3. The summed E-state index contributed by atoms with van der Waals surface area (Å²) >= 11 is 1.36. The summed E-state index contributed by atoms with van der Waals surface area (Å²) in [5, 5.41) is 9.06. The van der Waals surface area contributed by atoms with Gasteiger partial charge in [0.15, 0.2) is 0 Å². The predicted molar refractivity (Wildman–Crippen MR) is 113 cm³/mol. The van der Waals surface area contributed by atoms with Crippen molar-refractivity contribution >= 4 is 32.9 Å². The van der Waals surface area contributed by atoms with Gasteiger partial charge in [0.25, 0.3) is 10.0 Å². The van der Waals surface area contributed by atoms with Gasteiger partial charge in [-0.25, -0.2) is 13.4 Å². The third kappa shape index (κ3) is 3.52. The molecule has 1 aliphatic heterocycles. The Kier molecular flexibility index (Phi) is 4.90. The van der Waals surface area contributed by atoms with Gasteiger partial charge in [0.1, 0.15) is 34.0 Å². The molecule has 0 amide bonds. The monoisotopic (exact) mass is 426 g/mol. The first-order chi connectivity index (χ1) is 13.9. The van der Waals surface area contributed by atoms with Gasteiger partial charge in [0.05, 0.1) is 12.2 Å². The summed E-state index contributed by atoms with van der Waals surface area (Å²) in [5.74, 6) is 1.19. The van der Waals surface area contributed by atoms with Crippen LogP contribution in [0.3, 0.4) is 0 Å². The van der Waals surface area contributed by atoms with Gasteiger partial charge in [0.2, 0.25) is 0 Å². The second kappa shape index (κ2) is 7.39. The molecule has 1 aromatic carbocycles. The zero-order valence-electron chi connectivity index (χ0n) is 15.9. The molecule has 0 saturated heterocycles. The van der Waals surface area contributed by atoms with Crippen LogP contribution in [0.2, 0.25) is 0 Å². The second-order valence-corrected chi connectivity index (χ2v) is 9.58. The number of aromatic nitrogens is 1. The standard InChI is InChI=1S/C20H18N4O3S2/c1-23(2)20-8-5-16(13-22-20)29(25,26)24-9-10-27-18-6-3-14(11-17(18)24)19-7-4-15(12-21)28-19/h3-8,11,13H,9-10H2,1-2H3. The van der Waals surface area contributed by atoms with Crippen LogP contribution in [0, 0.1) is 11.3 Å². The highest BCUT2D eigenvalue weighted by atomic mass is 32.2. The van der Waals surface area contributed by atoms with Crippen molar-refractivity contribution < 1.29 is 13.2 Å². The van der Waals surface area contributed by atoms with Crippen molar-refractivity contribution in [3.8, 4) is 22.3 Å². The number of fused-ring (bicyclic) bond motifs is 1. The fourth-order valence-electron chi connectivity index (χ4n) is 3.07. The van der Waals surface area contributed by atoms with E-state index in [1.165, 1.54) is 21.8 Å². The van der Waals surface area contributed by atoms with Crippen LogP contribution in [0.1, 0.15) is 4.88 Å². The average Bonchev–Trinajstić information content (AvgIpc) is 3.22. The van der Waals surface area contributed by atoms with E-state index < -0.39 is 10.0 Å². The lowest BCUT2D eigenvalue weighted by Crippen LogP contribution is -2.38. The minimum atomic E-state index is -3.79. The van der Waals surface area contributed by atoms with E-state index in [0.717, 1.165) is 10.4 Å². The molecule has 3 heterocycles. The van der Waals surface area contributed by atoms with Crippen LogP contribution in [0.5, 0.6) is 5.75 Å². The third-order valence-electron chi connectivity index (χ3n) is 4.55. The zero-order chi connectivity index (χ0) is 20.6. The summed E-state index contributed by atoms with van der Waals surface area (Å²) in [5.41, 5.74) is 1.32. The highest BCUT2D eigenvalue weighted by Crippen LogP contribution is 2.39. The Morgan fingerprint density at radius 1 is 1.21 bits per heavy atom. The van der Waals surface area contributed by atoms with Gasteiger partial charge in [-0.15, -0.1) is 11.3 Å². The van der Waals surface area contributed by atoms with Gasteiger partial charge >= 0.3 is 0 Å². The van der Waals surface area contributed by atoms with Crippen molar-refractivity contribution in [2.24, 2.45) is 0 Å². The summed E-state index contributed by atoms with van der Waals surface area (Å²) in [6.07, 6.45) is 1.38. The Balaban J connectivity index is 1.75. The first-order valence-corrected chi connectivity index (χ1v) is 11.1. The third-order valence-corrected chi connectivity index (χ3v) is 7.38. The molecular weight excluding hydrogens is 408 g/mol. The van der Waals surface area contributed by atoms with E-state index >= 15 is 0 Å². The Labute approximate surface area is 173 Å². The van der Waals surface area contributed by atoms with E-state index in [9.17, 15) is 8.42 Å². The Morgan fingerprint density at radius 2 is 2.03 bits per heavy atom. The van der Waals surface area contributed by atoms with Crippen molar-refractivity contribution in [1.82, 2.24) is 4.98 Å². The van der Waals surface area contributed by atoms with E-state index in [-0.39, 0.29) is 18.0 Å². The van der Waals surface area contributed by atoms with Crippen molar-refractivity contribution in [1.29, 1.82) is 5.26 Å². The molecule has 0 aliphatic carbocycles. The molecule has 7 nitrogen and oxygen atoms in total. The number of hydrogen-bond acceptors (Lipinski definition) is 7. The molecule has 4 rings (SSSR count). The van der Waals surface area contributed by atoms with Crippen LogP contribution in [0.25, 0.3) is 10.4 Å². The van der Waals surface area contributed by atoms with Crippen LogP contribution in [0.4, 0.5) is 11.5 Å². The van der Waals surface area contributed by atoms with Crippen LogP contribution < -0.4 is 13.9 Å². The lowest BCUT2D eigenvalue weighted by molar-refractivity contribution is 0.316. The van der Waals surface area contributed by atoms with Gasteiger partial charge in [0, 0.05) is 25.2 Å². The number of anilines is 2. The fourth-order valence-corrected chi connectivity index (χ4v) is 5.26. The van der Waals surface area contributed by atoms with E-state index in [1.807, 2.05) is 31.1 Å². The topological polar surface area (TPSA) is 86.5 Å². The molecular formula is C20H18N4O3S2. The molecule has 0 N–H and O–H groups in total. The smallest absolute Gasteiger partial charge is 0.266 e. The van der Waals surface area contributed by atoms with Crippen molar-refractivity contribution in [2.45, 2.75) is 4.90 Å². The summed E-state index contributed by atoms with van der Waals surface area (Å²) < 4.78 is 33.6. The number of rotatable bonds is 4. The maximum Gasteiger partial charge on any atom is 0.266 e. The van der Waals surface area contributed by atoms with E-state index in [1.54, 1.807) is 30.3 Å². The Bertz CT molecular complexity index is 1200. The molecule has 3 aromatic rings. The minimum absolute atomic E-state index is 0.129. The van der Waals surface area contributed by atoms with E-state index in [2.05, 4.69) is 11.1 Å². The van der Waals surface area contributed by atoms with Gasteiger partial charge in [-0.2, -0.15) is 5.26 Å². The predicted octanol–water partition coefficient (Wildman–Crippen LogP) is 3.34. The highest BCUT2D eigenvalue weighted by Gasteiger charge is 2.31. The molecule has 0 saturated carbocycles. The molecule has 148 valence electrons. The maximum atomic E-state index is 13.3. The molecule has 0 radical (unpaired) electrons. The normalized spacial score (nSPS) is 13.3. The molecule has 0 unspecified atom stereocenters. The van der Waals surface area contributed by atoms with Crippen LogP contribution in [-0.4, -0.2) is 40.6 Å². The molecule has 0 bridgehead atoms. The van der Waals surface area contributed by atoms with Crippen molar-refractivity contribution in [3.05, 3.63) is 53.5 Å². The zero-order valence-corrected chi connectivity index (χ0v) is 17.5. The van der Waals surface area contributed by atoms with Crippen molar-refractivity contribution in [3.63, 3.8) is 0 Å². The van der Waals surface area contributed by atoms with Crippen LogP contribution >= 0.6 is 11.3 Å². The molecule has 2 aromatic heterocycles. The lowest BCUT2D eigenvalue weighted by Gasteiger charge is -2.30. The number of hydrogen-bond donors (Lipinski definition) is 0. The first-order valence-electron chi connectivity index (χ1n) is 8.83. The molecule has 1 aliphatic rings. The summed E-state index contributed by atoms with van der Waals surface area (Å²) in [6, 6.07) is 14.4. The average molecular weight is 427 g/mol. The summed E-state index contributed by atoms with van der Waals surface area (Å²) in [4.78, 5) is 7.67. The number of nitrogens with zero attached hydrogens (tertiary/aromatic N) is 4. The van der Waals surface area contributed by atoms with Crippen LogP contribution in [0.15, 0.2) is 53.6 Å². The first kappa shape index (κ1) is 19.2. The lowest BCUT2D eigenvalue weighted by atomic mass is 10.1. The van der Waals surface area contributed by atoms with Gasteiger partial charge in [-0.05, 0) is 48.0 Å². The van der Waals surface area contributed by atoms with Crippen LogP contribution in [-0.2, 0) is 10.0 Å². The number of sulfonamides is 1. The van der Waals surface area contributed by atoms with E-state index in [0.29, 0.717) is 22.1 Å². The largest absolute Gasteiger partial charge is 0.489 e. The summed E-state index contributed by atoms with van der Waals surface area (Å²) in [7, 11) is -0.101. The number of ether oxygens (including phenoxy) is 1. The Hall–Kier alpha value is -3.09. The molecule has 29 heavy (non-hydrogen) atoms. The molecule has 0 spiro atoms. The number of benzene rings is 1. The van der Waals surface area contributed by atoms with Gasteiger partial charge in [-0.3, -0.25) is 4.31 Å². The number of pyridine rings is 1. The molecule has 0 atom stereocenters. The van der Waals surface area contributed by atoms with Gasteiger partial charge in [-0.1, -0.05) is 0 Å². The Morgan fingerprint density at radius 3 is 2.69 bits per heavy atom. The SMILES string of the molecule is CN(C)c1ccc(S(=O)(=O)N2CCOc3ccc(-c4ccc(C#N)s4)cc32)cn1. The molecule has 0 fully saturated rings. The quantitative estimate of drug-likeness (QED) is 0.636. The summed E-state index contributed by atoms with van der Waals surface area (Å²) in [6.45, 7) is 0.481. The highest BCUT2D eigenvalue weighted by molar-refractivity contribution is 7.92. The van der Waals surface area contributed by atoms with Gasteiger partial charge < -0.3 is 9.64 Å². The van der Waals surface area contributed by atoms with E-state index in [4.69, 9.17) is 10.00 Å².